The molecule has 18 heavy (non-hydrogen) atoms. The first-order valence-corrected chi connectivity index (χ1v) is 6.36. The lowest BCUT2D eigenvalue weighted by Gasteiger charge is -2.42. The van der Waals surface area contributed by atoms with Crippen LogP contribution < -0.4 is 5.73 Å². The molecule has 0 amide bonds. The molecule has 100 valence electrons. The van der Waals surface area contributed by atoms with E-state index in [9.17, 15) is 4.39 Å². The van der Waals surface area contributed by atoms with Crippen molar-refractivity contribution in [1.82, 2.24) is 4.90 Å². The van der Waals surface area contributed by atoms with E-state index in [1.54, 1.807) is 6.07 Å². The molecule has 2 rings (SSSR count). The van der Waals surface area contributed by atoms with Gasteiger partial charge in [0.2, 0.25) is 0 Å². The lowest BCUT2D eigenvalue weighted by atomic mass is 10.0. The van der Waals surface area contributed by atoms with Crippen LogP contribution >= 0.6 is 0 Å². The predicted molar refractivity (Wildman–Crippen MR) is 69.8 cm³/mol. The molecule has 1 saturated heterocycles. The van der Waals surface area contributed by atoms with E-state index >= 15 is 0 Å². The maximum absolute atomic E-state index is 13.9. The summed E-state index contributed by atoms with van der Waals surface area (Å²) in [4.78, 5) is 2.21. The lowest BCUT2D eigenvalue weighted by molar-refractivity contribution is -0.0970. The lowest BCUT2D eigenvalue weighted by Crippen LogP contribution is -2.50. The average molecular weight is 252 g/mol. The van der Waals surface area contributed by atoms with E-state index in [4.69, 9.17) is 10.5 Å². The van der Waals surface area contributed by atoms with E-state index in [0.29, 0.717) is 18.7 Å². The number of ether oxygens (including phenoxy) is 1. The fourth-order valence-electron chi connectivity index (χ4n) is 2.54. The monoisotopic (exact) mass is 252 g/mol. The third-order valence-corrected chi connectivity index (χ3v) is 3.38. The Morgan fingerprint density at radius 3 is 2.78 bits per heavy atom. The zero-order valence-corrected chi connectivity index (χ0v) is 11.0. The van der Waals surface area contributed by atoms with Crippen LogP contribution in [0.25, 0.3) is 0 Å². The van der Waals surface area contributed by atoms with Gasteiger partial charge in [0.15, 0.2) is 0 Å². The van der Waals surface area contributed by atoms with Gasteiger partial charge in [-0.05, 0) is 19.9 Å². The van der Waals surface area contributed by atoms with Gasteiger partial charge >= 0.3 is 0 Å². The van der Waals surface area contributed by atoms with Crippen LogP contribution in [-0.2, 0) is 4.74 Å². The molecule has 0 radical (unpaired) electrons. The Labute approximate surface area is 108 Å². The summed E-state index contributed by atoms with van der Waals surface area (Å²) in [6.07, 6.45) is 0. The quantitative estimate of drug-likeness (QED) is 0.893. The third kappa shape index (κ3) is 2.88. The minimum Gasteiger partial charge on any atom is -0.373 e. The van der Waals surface area contributed by atoms with Crippen molar-refractivity contribution in [2.24, 2.45) is 5.73 Å². The largest absolute Gasteiger partial charge is 0.373 e. The first-order chi connectivity index (χ1) is 8.53. The Morgan fingerprint density at radius 1 is 1.44 bits per heavy atom. The first-order valence-electron chi connectivity index (χ1n) is 6.36. The molecule has 2 N–H and O–H groups in total. The highest BCUT2D eigenvalue weighted by atomic mass is 19.1. The molecule has 0 saturated carbocycles. The Kier molecular flexibility index (Phi) is 4.00. The van der Waals surface area contributed by atoms with Crippen LogP contribution in [-0.4, -0.2) is 36.7 Å². The van der Waals surface area contributed by atoms with Gasteiger partial charge in [0.25, 0.3) is 0 Å². The van der Waals surface area contributed by atoms with Crippen molar-refractivity contribution in [3.8, 4) is 0 Å². The van der Waals surface area contributed by atoms with Crippen molar-refractivity contribution in [1.29, 1.82) is 0 Å². The van der Waals surface area contributed by atoms with E-state index < -0.39 is 0 Å². The van der Waals surface area contributed by atoms with Gasteiger partial charge < -0.3 is 10.5 Å². The minimum absolute atomic E-state index is 0.0747. The van der Waals surface area contributed by atoms with Crippen LogP contribution in [0.1, 0.15) is 25.5 Å². The van der Waals surface area contributed by atoms with Crippen LogP contribution in [0, 0.1) is 5.82 Å². The highest BCUT2D eigenvalue weighted by Crippen LogP contribution is 2.27. The number of rotatable bonds is 3. The molecule has 4 heteroatoms. The molecule has 1 aromatic rings. The second-order valence-electron chi connectivity index (χ2n) is 5.35. The molecule has 1 aliphatic heterocycles. The van der Waals surface area contributed by atoms with E-state index in [1.807, 2.05) is 26.0 Å². The summed E-state index contributed by atoms with van der Waals surface area (Å²) in [5.74, 6) is -0.183. The normalized spacial score (nSPS) is 21.8. The Morgan fingerprint density at radius 2 is 2.17 bits per heavy atom. The van der Waals surface area contributed by atoms with Crippen molar-refractivity contribution < 1.29 is 9.13 Å². The number of halogens is 1. The summed E-state index contributed by atoms with van der Waals surface area (Å²) < 4.78 is 19.5. The van der Waals surface area contributed by atoms with Gasteiger partial charge in [-0.3, -0.25) is 4.90 Å². The fraction of sp³-hybridized carbons (Fsp3) is 0.571. The highest BCUT2D eigenvalue weighted by molar-refractivity contribution is 5.22. The second kappa shape index (κ2) is 5.34. The topological polar surface area (TPSA) is 38.5 Å². The highest BCUT2D eigenvalue weighted by Gasteiger charge is 2.32. The number of morpholine rings is 1. The summed E-state index contributed by atoms with van der Waals surface area (Å²) in [6.45, 7) is 6.74. The van der Waals surface area contributed by atoms with E-state index in [2.05, 4.69) is 4.90 Å². The molecule has 0 spiro atoms. The standard InChI is InChI=1S/C14H21FN2O/c1-14(2)10-17(7-8-18-14)13(9-16)11-5-3-4-6-12(11)15/h3-6,13H,7-10,16H2,1-2H3. The fourth-order valence-corrected chi connectivity index (χ4v) is 2.54. The number of nitrogens with zero attached hydrogens (tertiary/aromatic N) is 1. The maximum Gasteiger partial charge on any atom is 0.128 e. The number of benzene rings is 1. The van der Waals surface area contributed by atoms with Crippen molar-refractivity contribution in [3.63, 3.8) is 0 Å². The minimum atomic E-state index is -0.197. The van der Waals surface area contributed by atoms with Gasteiger partial charge in [0.05, 0.1) is 18.2 Å². The number of nitrogens with two attached hydrogens (primary N) is 1. The number of hydrogen-bond donors (Lipinski definition) is 1. The maximum atomic E-state index is 13.9. The second-order valence-corrected chi connectivity index (χ2v) is 5.35. The summed E-state index contributed by atoms with van der Waals surface area (Å²) >= 11 is 0. The van der Waals surface area contributed by atoms with Gasteiger partial charge in [0, 0.05) is 25.2 Å². The summed E-state index contributed by atoms with van der Waals surface area (Å²) in [7, 11) is 0. The molecule has 1 aliphatic rings. The van der Waals surface area contributed by atoms with Crippen LogP contribution in [0.2, 0.25) is 0 Å². The molecule has 1 atom stereocenters. The molecule has 0 bridgehead atoms. The van der Waals surface area contributed by atoms with Crippen LogP contribution in [0.4, 0.5) is 4.39 Å². The molecule has 0 aromatic heterocycles. The third-order valence-electron chi connectivity index (χ3n) is 3.38. The van der Waals surface area contributed by atoms with Crippen molar-refractivity contribution >= 4 is 0 Å². The Hall–Kier alpha value is -0.970. The van der Waals surface area contributed by atoms with Crippen LogP contribution in [0.5, 0.6) is 0 Å². The Balaban J connectivity index is 2.21. The van der Waals surface area contributed by atoms with Gasteiger partial charge in [-0.15, -0.1) is 0 Å². The Bertz CT molecular complexity index is 409. The van der Waals surface area contributed by atoms with Crippen LogP contribution in [0.3, 0.4) is 0 Å². The van der Waals surface area contributed by atoms with E-state index in [0.717, 1.165) is 13.1 Å². The molecular weight excluding hydrogens is 231 g/mol. The molecular formula is C14H21FN2O. The van der Waals surface area contributed by atoms with Crippen molar-refractivity contribution in [2.75, 3.05) is 26.2 Å². The summed E-state index contributed by atoms with van der Waals surface area (Å²) in [5, 5.41) is 0. The predicted octanol–water partition coefficient (Wildman–Crippen LogP) is 1.94. The van der Waals surface area contributed by atoms with Crippen LogP contribution in [0.15, 0.2) is 24.3 Å². The zero-order chi connectivity index (χ0) is 13.2. The molecule has 1 unspecified atom stereocenters. The van der Waals surface area contributed by atoms with Gasteiger partial charge in [-0.1, -0.05) is 18.2 Å². The van der Waals surface area contributed by atoms with E-state index in [-0.39, 0.29) is 17.5 Å². The first kappa shape index (κ1) is 13.5. The zero-order valence-electron chi connectivity index (χ0n) is 11.0. The molecule has 1 fully saturated rings. The summed E-state index contributed by atoms with van der Waals surface area (Å²) in [6, 6.07) is 6.79. The van der Waals surface area contributed by atoms with Gasteiger partial charge in [-0.2, -0.15) is 0 Å². The van der Waals surface area contributed by atoms with E-state index in [1.165, 1.54) is 6.07 Å². The summed E-state index contributed by atoms with van der Waals surface area (Å²) in [5.41, 5.74) is 6.32. The molecule has 1 aromatic carbocycles. The average Bonchev–Trinajstić information content (AvgIpc) is 2.31. The van der Waals surface area contributed by atoms with Gasteiger partial charge in [0.1, 0.15) is 5.82 Å². The van der Waals surface area contributed by atoms with Crippen molar-refractivity contribution in [3.05, 3.63) is 35.6 Å². The van der Waals surface area contributed by atoms with Crippen molar-refractivity contribution in [2.45, 2.75) is 25.5 Å². The van der Waals surface area contributed by atoms with Gasteiger partial charge in [-0.25, -0.2) is 4.39 Å². The SMILES string of the molecule is CC1(C)CN(C(CN)c2ccccc2F)CCO1. The number of hydrogen-bond acceptors (Lipinski definition) is 3. The molecule has 1 heterocycles. The molecule has 3 nitrogen and oxygen atoms in total. The molecule has 0 aliphatic carbocycles. The smallest absolute Gasteiger partial charge is 0.128 e.